The van der Waals surface area contributed by atoms with Crippen molar-refractivity contribution >= 4 is 11.8 Å². The van der Waals surface area contributed by atoms with Crippen LogP contribution in [0.4, 0.5) is 0 Å². The zero-order valence-corrected chi connectivity index (χ0v) is 14.6. The largest absolute Gasteiger partial charge is 0.394 e. The maximum absolute atomic E-state index is 9.23. The standard InChI is InChI=1S/C18H31NO2S/c1-2-3-4-5-6-7-12-22-17-10-8-16(9-11-17)13-18(19,14-20)15-21/h8-11,20-21H,2-7,12-15,19H2,1H3. The highest BCUT2D eigenvalue weighted by molar-refractivity contribution is 7.99. The topological polar surface area (TPSA) is 66.5 Å². The highest BCUT2D eigenvalue weighted by Crippen LogP contribution is 2.21. The van der Waals surface area contributed by atoms with Crippen LogP contribution in [0.1, 0.15) is 51.0 Å². The summed E-state index contributed by atoms with van der Waals surface area (Å²) < 4.78 is 0. The van der Waals surface area contributed by atoms with Crippen molar-refractivity contribution in [1.29, 1.82) is 0 Å². The van der Waals surface area contributed by atoms with Crippen molar-refractivity contribution in [2.24, 2.45) is 5.73 Å². The van der Waals surface area contributed by atoms with E-state index >= 15 is 0 Å². The summed E-state index contributed by atoms with van der Waals surface area (Å²) in [6.45, 7) is 1.82. The Balaban J connectivity index is 2.27. The van der Waals surface area contributed by atoms with Crippen molar-refractivity contribution in [3.8, 4) is 0 Å². The molecular weight excluding hydrogens is 294 g/mol. The van der Waals surface area contributed by atoms with Crippen molar-refractivity contribution in [3.63, 3.8) is 0 Å². The van der Waals surface area contributed by atoms with Gasteiger partial charge in [-0.2, -0.15) is 0 Å². The van der Waals surface area contributed by atoms with Crippen LogP contribution in [0.25, 0.3) is 0 Å². The molecule has 0 spiro atoms. The van der Waals surface area contributed by atoms with E-state index in [0.717, 1.165) is 5.56 Å². The second kappa shape index (κ2) is 11.1. The Hall–Kier alpha value is -0.550. The van der Waals surface area contributed by atoms with Crippen LogP contribution in [0.2, 0.25) is 0 Å². The number of aliphatic hydroxyl groups is 2. The second-order valence-electron chi connectivity index (χ2n) is 6.12. The van der Waals surface area contributed by atoms with Gasteiger partial charge in [-0.1, -0.05) is 51.2 Å². The zero-order chi connectivity index (χ0) is 16.3. The van der Waals surface area contributed by atoms with Gasteiger partial charge in [-0.15, -0.1) is 11.8 Å². The fourth-order valence-electron chi connectivity index (χ4n) is 2.34. The normalized spacial score (nSPS) is 11.8. The van der Waals surface area contributed by atoms with Crippen molar-refractivity contribution in [2.45, 2.75) is 62.3 Å². The second-order valence-corrected chi connectivity index (χ2v) is 7.28. The molecule has 0 fully saturated rings. The number of hydrogen-bond acceptors (Lipinski definition) is 4. The van der Waals surface area contributed by atoms with Crippen LogP contribution in [0, 0.1) is 0 Å². The Morgan fingerprint density at radius 3 is 2.14 bits per heavy atom. The van der Waals surface area contributed by atoms with E-state index in [2.05, 4.69) is 19.1 Å². The van der Waals surface area contributed by atoms with Gasteiger partial charge in [0, 0.05) is 4.90 Å². The van der Waals surface area contributed by atoms with Gasteiger partial charge in [-0.3, -0.25) is 0 Å². The fourth-order valence-corrected chi connectivity index (χ4v) is 3.26. The Morgan fingerprint density at radius 1 is 0.955 bits per heavy atom. The summed E-state index contributed by atoms with van der Waals surface area (Å²) in [4.78, 5) is 1.27. The van der Waals surface area contributed by atoms with E-state index in [1.165, 1.54) is 49.2 Å². The third kappa shape index (κ3) is 7.63. The van der Waals surface area contributed by atoms with Crippen LogP contribution in [-0.4, -0.2) is 34.7 Å². The van der Waals surface area contributed by atoms with E-state index in [9.17, 15) is 10.2 Å². The molecule has 22 heavy (non-hydrogen) atoms. The maximum Gasteiger partial charge on any atom is 0.0663 e. The SMILES string of the molecule is CCCCCCCCSc1ccc(CC(N)(CO)CO)cc1. The van der Waals surface area contributed by atoms with Gasteiger partial charge in [0.2, 0.25) is 0 Å². The molecule has 0 radical (unpaired) electrons. The van der Waals surface area contributed by atoms with Crippen LogP contribution >= 0.6 is 11.8 Å². The van der Waals surface area contributed by atoms with Crippen molar-refractivity contribution in [3.05, 3.63) is 29.8 Å². The molecule has 0 heterocycles. The zero-order valence-electron chi connectivity index (χ0n) is 13.8. The van der Waals surface area contributed by atoms with E-state index in [0.29, 0.717) is 6.42 Å². The molecule has 0 unspecified atom stereocenters. The number of hydrogen-bond donors (Lipinski definition) is 3. The summed E-state index contributed by atoms with van der Waals surface area (Å²) >= 11 is 1.89. The van der Waals surface area contributed by atoms with E-state index in [4.69, 9.17) is 5.73 Å². The summed E-state index contributed by atoms with van der Waals surface area (Å²) in [5.41, 5.74) is 6.04. The van der Waals surface area contributed by atoms with Crippen molar-refractivity contribution < 1.29 is 10.2 Å². The molecule has 0 saturated carbocycles. The Morgan fingerprint density at radius 2 is 1.55 bits per heavy atom. The van der Waals surface area contributed by atoms with E-state index in [-0.39, 0.29) is 13.2 Å². The predicted octanol–water partition coefficient (Wildman–Crippen LogP) is 3.36. The summed E-state index contributed by atoms with van der Waals surface area (Å²) in [7, 11) is 0. The van der Waals surface area contributed by atoms with Crippen LogP contribution < -0.4 is 5.73 Å². The summed E-state index contributed by atoms with van der Waals surface area (Å²) in [5.74, 6) is 1.17. The molecule has 126 valence electrons. The molecular formula is C18H31NO2S. The lowest BCUT2D eigenvalue weighted by atomic mass is 9.94. The third-order valence-electron chi connectivity index (χ3n) is 3.88. The van der Waals surface area contributed by atoms with Gasteiger partial charge < -0.3 is 15.9 Å². The van der Waals surface area contributed by atoms with Crippen molar-refractivity contribution in [1.82, 2.24) is 0 Å². The molecule has 4 N–H and O–H groups in total. The number of thioether (sulfide) groups is 1. The molecule has 0 atom stereocenters. The molecule has 4 heteroatoms. The van der Waals surface area contributed by atoms with Crippen molar-refractivity contribution in [2.75, 3.05) is 19.0 Å². The molecule has 3 nitrogen and oxygen atoms in total. The Bertz CT molecular complexity index is 391. The maximum atomic E-state index is 9.23. The van der Waals surface area contributed by atoms with Gasteiger partial charge >= 0.3 is 0 Å². The smallest absolute Gasteiger partial charge is 0.0663 e. The van der Waals surface area contributed by atoms with E-state index < -0.39 is 5.54 Å². The average Bonchev–Trinajstić information content (AvgIpc) is 2.55. The first kappa shape index (κ1) is 19.5. The molecule has 0 bridgehead atoms. The first-order valence-corrected chi connectivity index (χ1v) is 9.34. The molecule has 0 saturated heterocycles. The predicted molar refractivity (Wildman–Crippen MR) is 95.3 cm³/mol. The number of benzene rings is 1. The fraction of sp³-hybridized carbons (Fsp3) is 0.667. The lowest BCUT2D eigenvalue weighted by Crippen LogP contribution is -2.49. The average molecular weight is 326 g/mol. The molecule has 1 aromatic rings. The molecule has 0 aromatic heterocycles. The highest BCUT2D eigenvalue weighted by Gasteiger charge is 2.23. The summed E-state index contributed by atoms with van der Waals surface area (Å²) in [6.07, 6.45) is 8.48. The summed E-state index contributed by atoms with van der Waals surface area (Å²) in [5, 5.41) is 18.5. The highest BCUT2D eigenvalue weighted by atomic mass is 32.2. The molecule has 0 aliphatic carbocycles. The number of unbranched alkanes of at least 4 members (excludes halogenated alkanes) is 5. The van der Waals surface area contributed by atoms with Crippen LogP contribution in [0.3, 0.4) is 0 Å². The lowest BCUT2D eigenvalue weighted by Gasteiger charge is -2.24. The molecule has 1 aromatic carbocycles. The minimum atomic E-state index is -0.923. The number of aliphatic hydroxyl groups excluding tert-OH is 2. The molecule has 1 rings (SSSR count). The van der Waals surface area contributed by atoms with Gasteiger partial charge in [-0.05, 0) is 36.3 Å². The minimum absolute atomic E-state index is 0.210. The Labute approximate surface area is 139 Å². The lowest BCUT2D eigenvalue weighted by molar-refractivity contribution is 0.121. The first-order chi connectivity index (χ1) is 10.6. The number of nitrogens with two attached hydrogens (primary N) is 1. The quantitative estimate of drug-likeness (QED) is 0.407. The van der Waals surface area contributed by atoms with Crippen LogP contribution in [0.15, 0.2) is 29.2 Å². The van der Waals surface area contributed by atoms with Gasteiger partial charge in [0.25, 0.3) is 0 Å². The summed E-state index contributed by atoms with van der Waals surface area (Å²) in [6, 6.07) is 8.28. The monoisotopic (exact) mass is 325 g/mol. The molecule has 0 aliphatic heterocycles. The van der Waals surface area contributed by atoms with Crippen LogP contribution in [0.5, 0.6) is 0 Å². The van der Waals surface area contributed by atoms with Crippen LogP contribution in [-0.2, 0) is 6.42 Å². The Kier molecular flexibility index (Phi) is 9.80. The number of rotatable bonds is 12. The van der Waals surface area contributed by atoms with Gasteiger partial charge in [0.1, 0.15) is 0 Å². The molecule has 0 amide bonds. The molecule has 0 aliphatic rings. The van der Waals surface area contributed by atoms with E-state index in [1.807, 2.05) is 23.9 Å². The van der Waals surface area contributed by atoms with Gasteiger partial charge in [0.15, 0.2) is 0 Å². The van der Waals surface area contributed by atoms with Gasteiger partial charge in [0.05, 0.1) is 18.8 Å². The van der Waals surface area contributed by atoms with E-state index in [1.54, 1.807) is 0 Å². The minimum Gasteiger partial charge on any atom is -0.394 e. The first-order valence-electron chi connectivity index (χ1n) is 8.36. The van der Waals surface area contributed by atoms with Gasteiger partial charge in [-0.25, -0.2) is 0 Å². The third-order valence-corrected chi connectivity index (χ3v) is 4.97.